The van der Waals surface area contributed by atoms with Gasteiger partial charge in [0.15, 0.2) is 0 Å². The van der Waals surface area contributed by atoms with E-state index in [0.717, 1.165) is 35.0 Å². The van der Waals surface area contributed by atoms with E-state index in [1.807, 2.05) is 12.1 Å². The van der Waals surface area contributed by atoms with Crippen LogP contribution in [-0.2, 0) is 6.42 Å². The zero-order valence-electron chi connectivity index (χ0n) is 11.5. The van der Waals surface area contributed by atoms with E-state index in [4.69, 9.17) is 23.2 Å². The SMILES string of the molecule is CC(C)NCCCc1nnc(-c2cccc(Cl)c2Cl)s1. The Labute approximate surface area is 133 Å². The molecule has 0 unspecified atom stereocenters. The van der Waals surface area contributed by atoms with Gasteiger partial charge in [0, 0.05) is 18.0 Å². The molecule has 3 nitrogen and oxygen atoms in total. The van der Waals surface area contributed by atoms with E-state index >= 15 is 0 Å². The molecule has 1 N–H and O–H groups in total. The van der Waals surface area contributed by atoms with E-state index in [1.165, 1.54) is 0 Å². The highest BCUT2D eigenvalue weighted by Crippen LogP contribution is 2.34. The van der Waals surface area contributed by atoms with Crippen LogP contribution in [0.1, 0.15) is 25.3 Å². The minimum absolute atomic E-state index is 0.519. The third kappa shape index (κ3) is 4.16. The molecule has 1 heterocycles. The van der Waals surface area contributed by atoms with Gasteiger partial charge in [-0.2, -0.15) is 0 Å². The lowest BCUT2D eigenvalue weighted by Crippen LogP contribution is -2.23. The summed E-state index contributed by atoms with van der Waals surface area (Å²) in [5, 5.41) is 14.8. The predicted octanol–water partition coefficient (Wildman–Crippen LogP) is 4.44. The number of halogens is 2. The Bertz CT molecular complexity index is 569. The van der Waals surface area contributed by atoms with Crippen molar-refractivity contribution >= 4 is 34.5 Å². The standard InChI is InChI=1S/C14H17Cl2N3S/c1-9(2)17-8-4-7-12-18-19-14(20-12)10-5-3-6-11(15)13(10)16/h3,5-6,9,17H,4,7-8H2,1-2H3. The van der Waals surface area contributed by atoms with Gasteiger partial charge in [-0.05, 0) is 19.0 Å². The lowest BCUT2D eigenvalue weighted by atomic mass is 10.2. The van der Waals surface area contributed by atoms with Gasteiger partial charge < -0.3 is 5.32 Å². The molecule has 1 aromatic carbocycles. The molecular weight excluding hydrogens is 313 g/mol. The van der Waals surface area contributed by atoms with Crippen LogP contribution < -0.4 is 5.32 Å². The molecule has 20 heavy (non-hydrogen) atoms. The lowest BCUT2D eigenvalue weighted by Gasteiger charge is -2.05. The van der Waals surface area contributed by atoms with Crippen molar-refractivity contribution in [2.75, 3.05) is 6.54 Å². The normalized spacial score (nSPS) is 11.2. The van der Waals surface area contributed by atoms with Gasteiger partial charge in [0.05, 0.1) is 10.0 Å². The molecule has 0 amide bonds. The van der Waals surface area contributed by atoms with Crippen LogP contribution >= 0.6 is 34.5 Å². The Morgan fingerprint density at radius 1 is 1.25 bits per heavy atom. The van der Waals surface area contributed by atoms with Crippen LogP contribution in [0.15, 0.2) is 18.2 Å². The number of benzene rings is 1. The highest BCUT2D eigenvalue weighted by atomic mass is 35.5. The molecule has 0 spiro atoms. The highest BCUT2D eigenvalue weighted by Gasteiger charge is 2.12. The molecule has 0 fully saturated rings. The molecule has 0 saturated heterocycles. The molecule has 2 aromatic rings. The Morgan fingerprint density at radius 3 is 2.80 bits per heavy atom. The Morgan fingerprint density at radius 2 is 2.05 bits per heavy atom. The molecule has 0 bridgehead atoms. The van der Waals surface area contributed by atoms with E-state index in [-0.39, 0.29) is 0 Å². The first-order valence-corrected chi connectivity index (χ1v) is 8.15. The van der Waals surface area contributed by atoms with Crippen molar-refractivity contribution in [3.8, 4) is 10.6 Å². The topological polar surface area (TPSA) is 37.8 Å². The van der Waals surface area contributed by atoms with Crippen molar-refractivity contribution in [1.82, 2.24) is 15.5 Å². The number of aromatic nitrogens is 2. The van der Waals surface area contributed by atoms with Crippen LogP contribution in [0.5, 0.6) is 0 Å². The summed E-state index contributed by atoms with van der Waals surface area (Å²) < 4.78 is 0. The average Bonchev–Trinajstić information content (AvgIpc) is 2.86. The smallest absolute Gasteiger partial charge is 0.149 e. The monoisotopic (exact) mass is 329 g/mol. The van der Waals surface area contributed by atoms with Crippen LogP contribution in [0.2, 0.25) is 10.0 Å². The van der Waals surface area contributed by atoms with E-state index in [0.29, 0.717) is 16.1 Å². The van der Waals surface area contributed by atoms with Crippen molar-refractivity contribution in [3.05, 3.63) is 33.3 Å². The average molecular weight is 330 g/mol. The summed E-state index contributed by atoms with van der Waals surface area (Å²) in [6.45, 7) is 5.28. The molecule has 0 aliphatic carbocycles. The van der Waals surface area contributed by atoms with Gasteiger partial charge in [0.1, 0.15) is 10.0 Å². The third-order valence-corrected chi connectivity index (χ3v) is 4.60. The number of hydrogen-bond acceptors (Lipinski definition) is 4. The molecule has 0 atom stereocenters. The van der Waals surface area contributed by atoms with Crippen molar-refractivity contribution in [1.29, 1.82) is 0 Å². The van der Waals surface area contributed by atoms with Gasteiger partial charge in [-0.3, -0.25) is 0 Å². The molecule has 0 aliphatic heterocycles. The van der Waals surface area contributed by atoms with Gasteiger partial charge in [0.25, 0.3) is 0 Å². The zero-order chi connectivity index (χ0) is 14.5. The second-order valence-corrected chi connectivity index (χ2v) is 6.66. The highest BCUT2D eigenvalue weighted by molar-refractivity contribution is 7.14. The number of aryl methyl sites for hydroxylation is 1. The fourth-order valence-corrected chi connectivity index (χ4v) is 3.12. The van der Waals surface area contributed by atoms with E-state index in [9.17, 15) is 0 Å². The van der Waals surface area contributed by atoms with Gasteiger partial charge in [-0.15, -0.1) is 10.2 Å². The first-order chi connectivity index (χ1) is 9.58. The molecular formula is C14H17Cl2N3S. The minimum Gasteiger partial charge on any atom is -0.315 e. The number of nitrogens with zero attached hydrogens (tertiary/aromatic N) is 2. The van der Waals surface area contributed by atoms with Gasteiger partial charge in [-0.25, -0.2) is 0 Å². The molecule has 0 aliphatic rings. The van der Waals surface area contributed by atoms with Crippen molar-refractivity contribution in [2.24, 2.45) is 0 Å². The van der Waals surface area contributed by atoms with E-state index in [2.05, 4.69) is 29.4 Å². The van der Waals surface area contributed by atoms with Crippen LogP contribution in [0.25, 0.3) is 10.6 Å². The summed E-state index contributed by atoms with van der Waals surface area (Å²) in [6, 6.07) is 6.08. The molecule has 0 radical (unpaired) electrons. The van der Waals surface area contributed by atoms with Crippen LogP contribution in [-0.4, -0.2) is 22.8 Å². The van der Waals surface area contributed by atoms with Gasteiger partial charge in [0.2, 0.25) is 0 Å². The van der Waals surface area contributed by atoms with E-state index in [1.54, 1.807) is 17.4 Å². The largest absolute Gasteiger partial charge is 0.315 e. The first kappa shape index (κ1) is 15.7. The lowest BCUT2D eigenvalue weighted by molar-refractivity contribution is 0.569. The Balaban J connectivity index is 2.00. The maximum Gasteiger partial charge on any atom is 0.149 e. The second kappa shape index (κ2) is 7.36. The number of rotatable bonds is 6. The van der Waals surface area contributed by atoms with Crippen LogP contribution in [0, 0.1) is 0 Å². The van der Waals surface area contributed by atoms with Crippen molar-refractivity contribution < 1.29 is 0 Å². The summed E-state index contributed by atoms with van der Waals surface area (Å²) in [4.78, 5) is 0. The summed E-state index contributed by atoms with van der Waals surface area (Å²) in [5.74, 6) is 0. The zero-order valence-corrected chi connectivity index (χ0v) is 13.8. The fourth-order valence-electron chi connectivity index (χ4n) is 1.76. The number of nitrogens with one attached hydrogen (secondary N) is 1. The summed E-state index contributed by atoms with van der Waals surface area (Å²) >= 11 is 13.8. The maximum absolute atomic E-state index is 6.20. The molecule has 1 aromatic heterocycles. The first-order valence-electron chi connectivity index (χ1n) is 6.58. The Kier molecular flexibility index (Phi) is 5.78. The molecule has 0 saturated carbocycles. The second-order valence-electron chi connectivity index (χ2n) is 4.81. The molecule has 2 rings (SSSR count). The van der Waals surface area contributed by atoms with Crippen molar-refractivity contribution in [2.45, 2.75) is 32.7 Å². The summed E-state index contributed by atoms with van der Waals surface area (Å²) in [6.07, 6.45) is 1.98. The molecule has 6 heteroatoms. The van der Waals surface area contributed by atoms with Crippen LogP contribution in [0.3, 0.4) is 0 Å². The summed E-state index contributed by atoms with van der Waals surface area (Å²) in [7, 11) is 0. The fraction of sp³-hybridized carbons (Fsp3) is 0.429. The van der Waals surface area contributed by atoms with Crippen molar-refractivity contribution in [3.63, 3.8) is 0 Å². The van der Waals surface area contributed by atoms with Gasteiger partial charge in [-0.1, -0.05) is 60.5 Å². The minimum atomic E-state index is 0.519. The number of hydrogen-bond donors (Lipinski definition) is 1. The quantitative estimate of drug-likeness (QED) is 0.796. The summed E-state index contributed by atoms with van der Waals surface area (Å²) in [5.41, 5.74) is 0.850. The maximum atomic E-state index is 6.20. The van der Waals surface area contributed by atoms with Crippen LogP contribution in [0.4, 0.5) is 0 Å². The molecule has 108 valence electrons. The Hall–Kier alpha value is -0.680. The van der Waals surface area contributed by atoms with Gasteiger partial charge >= 0.3 is 0 Å². The van der Waals surface area contributed by atoms with E-state index < -0.39 is 0 Å². The predicted molar refractivity (Wildman–Crippen MR) is 86.8 cm³/mol. The third-order valence-electron chi connectivity index (χ3n) is 2.77.